The highest BCUT2D eigenvalue weighted by molar-refractivity contribution is 6.02. The van der Waals surface area contributed by atoms with Crippen LogP contribution in [0.2, 0.25) is 0 Å². The second-order valence-electron chi connectivity index (χ2n) is 7.17. The molecule has 1 saturated carbocycles. The standard InChI is InChI=1S/C21H17NO5/c23-19(24)14-7-12-1-3-16(9-13(12)8-14)22-20(25)21(5-6-21)15-2-4-17-18(10-15)27-11-26-17/h1-4,8-10H,5-7,11H2,(H,22,25)(H,23,24). The number of amides is 1. The van der Waals surface area contributed by atoms with E-state index in [0.717, 1.165) is 29.5 Å². The number of benzene rings is 2. The van der Waals surface area contributed by atoms with Gasteiger partial charge in [-0.1, -0.05) is 12.1 Å². The Balaban J connectivity index is 1.38. The average Bonchev–Trinajstić information content (AvgIpc) is 3.14. The van der Waals surface area contributed by atoms with Crippen LogP contribution >= 0.6 is 0 Å². The van der Waals surface area contributed by atoms with Gasteiger partial charge in [-0.2, -0.15) is 0 Å². The Labute approximate surface area is 155 Å². The number of ether oxygens (including phenoxy) is 2. The monoisotopic (exact) mass is 363 g/mol. The smallest absolute Gasteiger partial charge is 0.331 e. The van der Waals surface area contributed by atoms with Gasteiger partial charge in [-0.25, -0.2) is 4.79 Å². The van der Waals surface area contributed by atoms with E-state index in [1.165, 1.54) is 0 Å². The first-order chi connectivity index (χ1) is 13.0. The summed E-state index contributed by atoms with van der Waals surface area (Å²) in [4.78, 5) is 24.1. The molecule has 2 aromatic carbocycles. The third-order valence-electron chi connectivity index (χ3n) is 5.50. The minimum atomic E-state index is -0.906. The van der Waals surface area contributed by atoms with Crippen LogP contribution in [0.25, 0.3) is 6.08 Å². The van der Waals surface area contributed by atoms with E-state index in [1.807, 2.05) is 36.4 Å². The summed E-state index contributed by atoms with van der Waals surface area (Å²) in [5, 5.41) is 12.1. The number of nitrogens with one attached hydrogen (secondary N) is 1. The predicted molar refractivity (Wildman–Crippen MR) is 97.9 cm³/mol. The number of carbonyl (C=O) groups excluding carboxylic acids is 1. The lowest BCUT2D eigenvalue weighted by molar-refractivity contribution is -0.132. The van der Waals surface area contributed by atoms with Crippen molar-refractivity contribution < 1.29 is 24.2 Å². The van der Waals surface area contributed by atoms with Gasteiger partial charge in [0.25, 0.3) is 0 Å². The quantitative estimate of drug-likeness (QED) is 0.872. The van der Waals surface area contributed by atoms with Crippen LogP contribution in [-0.4, -0.2) is 23.8 Å². The summed E-state index contributed by atoms with van der Waals surface area (Å²) in [6.45, 7) is 0.207. The van der Waals surface area contributed by atoms with Gasteiger partial charge in [-0.15, -0.1) is 0 Å². The summed E-state index contributed by atoms with van der Waals surface area (Å²) in [7, 11) is 0. The summed E-state index contributed by atoms with van der Waals surface area (Å²) in [5.41, 5.74) is 3.24. The molecule has 1 heterocycles. The van der Waals surface area contributed by atoms with E-state index in [9.17, 15) is 9.59 Å². The van der Waals surface area contributed by atoms with E-state index in [1.54, 1.807) is 6.08 Å². The highest BCUT2D eigenvalue weighted by Crippen LogP contribution is 2.51. The van der Waals surface area contributed by atoms with E-state index in [-0.39, 0.29) is 12.7 Å². The molecule has 0 unspecified atom stereocenters. The minimum absolute atomic E-state index is 0.0539. The maximum absolute atomic E-state index is 13.0. The largest absolute Gasteiger partial charge is 0.478 e. The molecular formula is C21H17NO5. The Bertz CT molecular complexity index is 1020. The highest BCUT2D eigenvalue weighted by Gasteiger charge is 2.51. The van der Waals surface area contributed by atoms with Crippen molar-refractivity contribution in [3.8, 4) is 11.5 Å². The molecule has 6 nitrogen and oxygen atoms in total. The lowest BCUT2D eigenvalue weighted by atomic mass is 9.94. The van der Waals surface area contributed by atoms with Crippen molar-refractivity contribution in [2.24, 2.45) is 0 Å². The summed E-state index contributed by atoms with van der Waals surface area (Å²) in [5.74, 6) is 0.420. The molecule has 1 fully saturated rings. The van der Waals surface area contributed by atoms with E-state index in [4.69, 9.17) is 14.6 Å². The average molecular weight is 363 g/mol. The molecular weight excluding hydrogens is 346 g/mol. The molecule has 3 aliphatic rings. The van der Waals surface area contributed by atoms with E-state index < -0.39 is 11.4 Å². The second kappa shape index (κ2) is 5.61. The normalized spacial score (nSPS) is 17.9. The maximum Gasteiger partial charge on any atom is 0.331 e. The molecule has 136 valence electrons. The van der Waals surface area contributed by atoms with Gasteiger partial charge in [0.1, 0.15) is 0 Å². The number of aliphatic carboxylic acids is 1. The first kappa shape index (κ1) is 15.9. The van der Waals surface area contributed by atoms with Crippen LogP contribution in [0.4, 0.5) is 5.69 Å². The molecule has 1 amide bonds. The molecule has 2 aliphatic carbocycles. The van der Waals surface area contributed by atoms with Crippen molar-refractivity contribution in [3.63, 3.8) is 0 Å². The summed E-state index contributed by atoms with van der Waals surface area (Å²) < 4.78 is 10.8. The molecule has 2 N–H and O–H groups in total. The SMILES string of the molecule is O=C(O)C1=Cc2cc(NC(=O)C3(c4ccc5c(c4)OCO5)CC3)ccc2C1. The van der Waals surface area contributed by atoms with Gasteiger partial charge < -0.3 is 19.9 Å². The topological polar surface area (TPSA) is 84.9 Å². The van der Waals surface area contributed by atoms with Crippen LogP contribution in [0.15, 0.2) is 42.0 Å². The van der Waals surface area contributed by atoms with E-state index in [2.05, 4.69) is 5.32 Å². The van der Waals surface area contributed by atoms with Gasteiger partial charge in [-0.3, -0.25) is 4.79 Å². The number of rotatable bonds is 4. The lowest BCUT2D eigenvalue weighted by Crippen LogP contribution is -2.27. The lowest BCUT2D eigenvalue weighted by Gasteiger charge is -2.17. The highest BCUT2D eigenvalue weighted by atomic mass is 16.7. The summed E-state index contributed by atoms with van der Waals surface area (Å²) in [6, 6.07) is 11.2. The summed E-state index contributed by atoms with van der Waals surface area (Å²) >= 11 is 0. The van der Waals surface area contributed by atoms with Crippen molar-refractivity contribution in [2.75, 3.05) is 12.1 Å². The number of hydrogen-bond acceptors (Lipinski definition) is 4. The van der Waals surface area contributed by atoms with Crippen LogP contribution in [0.5, 0.6) is 11.5 Å². The molecule has 1 aliphatic heterocycles. The van der Waals surface area contributed by atoms with Crippen LogP contribution in [0, 0.1) is 0 Å². The van der Waals surface area contributed by atoms with Gasteiger partial charge >= 0.3 is 5.97 Å². The Morgan fingerprint density at radius 1 is 1.04 bits per heavy atom. The van der Waals surface area contributed by atoms with E-state index in [0.29, 0.717) is 29.2 Å². The molecule has 0 bridgehead atoms. The fraction of sp³-hybridized carbons (Fsp3) is 0.238. The molecule has 0 saturated heterocycles. The van der Waals surface area contributed by atoms with Crippen molar-refractivity contribution in [2.45, 2.75) is 24.7 Å². The molecule has 5 rings (SSSR count). The zero-order chi connectivity index (χ0) is 18.6. The second-order valence-corrected chi connectivity index (χ2v) is 7.17. The number of anilines is 1. The maximum atomic E-state index is 13.0. The molecule has 27 heavy (non-hydrogen) atoms. The first-order valence-corrected chi connectivity index (χ1v) is 8.84. The van der Waals surface area contributed by atoms with E-state index >= 15 is 0 Å². The van der Waals surface area contributed by atoms with Crippen LogP contribution in [0.1, 0.15) is 29.5 Å². The number of fused-ring (bicyclic) bond motifs is 2. The van der Waals surface area contributed by atoms with Gasteiger partial charge in [0.15, 0.2) is 11.5 Å². The van der Waals surface area contributed by atoms with Crippen molar-refractivity contribution in [1.82, 2.24) is 0 Å². The van der Waals surface area contributed by atoms with Crippen molar-refractivity contribution in [3.05, 3.63) is 58.7 Å². The molecule has 0 atom stereocenters. The zero-order valence-corrected chi connectivity index (χ0v) is 14.5. The Morgan fingerprint density at radius 3 is 2.63 bits per heavy atom. The van der Waals surface area contributed by atoms with Gasteiger partial charge in [0.2, 0.25) is 12.7 Å². The number of carboxylic acids is 1. The fourth-order valence-electron chi connectivity index (χ4n) is 3.77. The fourth-order valence-corrected chi connectivity index (χ4v) is 3.77. The number of carboxylic acid groups (broad SMARTS) is 1. The summed E-state index contributed by atoms with van der Waals surface area (Å²) in [6.07, 6.45) is 3.65. The zero-order valence-electron chi connectivity index (χ0n) is 14.5. The molecule has 0 radical (unpaired) electrons. The Morgan fingerprint density at radius 2 is 1.85 bits per heavy atom. The van der Waals surface area contributed by atoms with Gasteiger partial charge in [-0.05, 0) is 59.9 Å². The predicted octanol–water partition coefficient (Wildman–Crippen LogP) is 3.11. The van der Waals surface area contributed by atoms with Crippen molar-refractivity contribution >= 4 is 23.6 Å². The third kappa shape index (κ3) is 2.56. The van der Waals surface area contributed by atoms with Gasteiger partial charge in [0, 0.05) is 17.7 Å². The molecule has 6 heteroatoms. The van der Waals surface area contributed by atoms with Gasteiger partial charge in [0.05, 0.1) is 5.41 Å². The number of carbonyl (C=O) groups is 2. The third-order valence-corrected chi connectivity index (χ3v) is 5.50. The van der Waals surface area contributed by atoms with Crippen molar-refractivity contribution in [1.29, 1.82) is 0 Å². The first-order valence-electron chi connectivity index (χ1n) is 8.84. The Kier molecular flexibility index (Phi) is 3.31. The number of hydrogen-bond donors (Lipinski definition) is 2. The van der Waals surface area contributed by atoms with Crippen LogP contribution in [0.3, 0.4) is 0 Å². The minimum Gasteiger partial charge on any atom is -0.478 e. The molecule has 0 aromatic heterocycles. The molecule has 2 aromatic rings. The Hall–Kier alpha value is -3.28. The van der Waals surface area contributed by atoms with Crippen LogP contribution in [-0.2, 0) is 21.4 Å². The van der Waals surface area contributed by atoms with Crippen LogP contribution < -0.4 is 14.8 Å². The molecule has 0 spiro atoms.